The first-order valence-corrected chi connectivity index (χ1v) is 5.34. The Morgan fingerprint density at radius 1 is 1.53 bits per heavy atom. The fraction of sp³-hybridized carbons (Fsp3) is 0.455. The van der Waals surface area contributed by atoms with E-state index >= 15 is 0 Å². The summed E-state index contributed by atoms with van der Waals surface area (Å²) in [7, 11) is 1.45. The molecule has 4 heteroatoms. The van der Waals surface area contributed by atoms with E-state index in [2.05, 4.69) is 5.32 Å². The molecule has 1 aromatic rings. The molecule has 2 nitrogen and oxygen atoms in total. The molecular formula is C11H13ClFNO. The summed E-state index contributed by atoms with van der Waals surface area (Å²) in [6, 6.07) is 3.19. The van der Waals surface area contributed by atoms with E-state index in [1.54, 1.807) is 6.07 Å². The average molecular weight is 230 g/mol. The van der Waals surface area contributed by atoms with Gasteiger partial charge in [-0.1, -0.05) is 11.6 Å². The van der Waals surface area contributed by atoms with Crippen molar-refractivity contribution in [2.75, 3.05) is 20.2 Å². The molecule has 1 aliphatic heterocycles. The lowest BCUT2D eigenvalue weighted by molar-refractivity contribution is 0.382. The van der Waals surface area contributed by atoms with E-state index in [-0.39, 0.29) is 17.5 Å². The Morgan fingerprint density at radius 2 is 2.33 bits per heavy atom. The van der Waals surface area contributed by atoms with Crippen LogP contribution in [0.2, 0.25) is 5.02 Å². The average Bonchev–Trinajstić information content (AvgIpc) is 2.74. The first-order valence-electron chi connectivity index (χ1n) is 4.96. The summed E-state index contributed by atoms with van der Waals surface area (Å²) in [5, 5.41) is 3.73. The zero-order valence-electron chi connectivity index (χ0n) is 8.52. The van der Waals surface area contributed by atoms with Crippen LogP contribution in [-0.2, 0) is 0 Å². The lowest BCUT2D eigenvalue weighted by atomic mass is 9.97. The molecule has 82 valence electrons. The van der Waals surface area contributed by atoms with Gasteiger partial charge in [-0.05, 0) is 24.6 Å². The molecule has 1 atom stereocenters. The molecule has 1 fully saturated rings. The van der Waals surface area contributed by atoms with Gasteiger partial charge in [0.15, 0.2) is 11.6 Å². The minimum atomic E-state index is -0.282. The summed E-state index contributed by atoms with van der Waals surface area (Å²) in [5.74, 6) is 0.151. The van der Waals surface area contributed by atoms with Crippen molar-refractivity contribution >= 4 is 11.6 Å². The van der Waals surface area contributed by atoms with Crippen LogP contribution in [-0.4, -0.2) is 20.2 Å². The molecule has 0 amide bonds. The second kappa shape index (κ2) is 4.37. The van der Waals surface area contributed by atoms with Crippen molar-refractivity contribution in [2.45, 2.75) is 12.3 Å². The topological polar surface area (TPSA) is 21.3 Å². The van der Waals surface area contributed by atoms with E-state index in [1.165, 1.54) is 13.2 Å². The van der Waals surface area contributed by atoms with E-state index in [9.17, 15) is 4.39 Å². The Morgan fingerprint density at radius 3 is 2.93 bits per heavy atom. The fourth-order valence-corrected chi connectivity index (χ4v) is 2.17. The summed E-state index contributed by atoms with van der Waals surface area (Å²) in [6.45, 7) is 1.74. The largest absolute Gasteiger partial charge is 0.494 e. The monoisotopic (exact) mass is 229 g/mol. The lowest BCUT2D eigenvalue weighted by Gasteiger charge is -2.13. The number of rotatable bonds is 2. The van der Waals surface area contributed by atoms with E-state index in [1.807, 2.05) is 0 Å². The third-order valence-electron chi connectivity index (χ3n) is 2.75. The number of hydrogen-bond acceptors (Lipinski definition) is 2. The van der Waals surface area contributed by atoms with Crippen molar-refractivity contribution in [1.29, 1.82) is 0 Å². The first-order chi connectivity index (χ1) is 7.22. The minimum absolute atomic E-state index is 0.206. The maximum atomic E-state index is 13.9. The van der Waals surface area contributed by atoms with Crippen molar-refractivity contribution in [1.82, 2.24) is 5.32 Å². The Hall–Kier alpha value is -0.800. The van der Waals surface area contributed by atoms with Gasteiger partial charge in [-0.25, -0.2) is 4.39 Å². The predicted molar refractivity (Wildman–Crippen MR) is 58.2 cm³/mol. The molecule has 1 aliphatic rings. The molecule has 0 saturated carbocycles. The summed E-state index contributed by atoms with van der Waals surface area (Å²) >= 11 is 5.91. The van der Waals surface area contributed by atoms with E-state index in [0.29, 0.717) is 10.6 Å². The van der Waals surface area contributed by atoms with Crippen LogP contribution in [0, 0.1) is 5.82 Å². The lowest BCUT2D eigenvalue weighted by Crippen LogP contribution is -2.09. The molecule has 0 spiro atoms. The predicted octanol–water partition coefficient (Wildman–Crippen LogP) is 2.56. The zero-order chi connectivity index (χ0) is 10.8. The van der Waals surface area contributed by atoms with E-state index in [0.717, 1.165) is 19.5 Å². The van der Waals surface area contributed by atoms with E-state index < -0.39 is 0 Å². The highest BCUT2D eigenvalue weighted by atomic mass is 35.5. The van der Waals surface area contributed by atoms with Crippen molar-refractivity contribution in [3.05, 3.63) is 28.5 Å². The minimum Gasteiger partial charge on any atom is -0.494 e. The Labute approximate surface area is 93.4 Å². The van der Waals surface area contributed by atoms with Crippen LogP contribution in [0.5, 0.6) is 5.75 Å². The van der Waals surface area contributed by atoms with Gasteiger partial charge >= 0.3 is 0 Å². The quantitative estimate of drug-likeness (QED) is 0.842. The van der Waals surface area contributed by atoms with Crippen LogP contribution in [0.1, 0.15) is 17.9 Å². The van der Waals surface area contributed by atoms with Gasteiger partial charge in [0.25, 0.3) is 0 Å². The smallest absolute Gasteiger partial charge is 0.168 e. The van der Waals surface area contributed by atoms with Crippen LogP contribution in [0.15, 0.2) is 12.1 Å². The molecule has 0 bridgehead atoms. The number of benzene rings is 1. The molecule has 0 aromatic heterocycles. The third-order valence-corrected chi connectivity index (χ3v) is 2.97. The molecule has 1 heterocycles. The molecule has 2 rings (SSSR count). The highest BCUT2D eigenvalue weighted by Gasteiger charge is 2.22. The summed E-state index contributed by atoms with van der Waals surface area (Å²) in [4.78, 5) is 0. The molecule has 0 radical (unpaired) electrons. The maximum absolute atomic E-state index is 13.9. The van der Waals surface area contributed by atoms with Crippen molar-refractivity contribution in [3.63, 3.8) is 0 Å². The van der Waals surface area contributed by atoms with Crippen molar-refractivity contribution in [2.24, 2.45) is 0 Å². The van der Waals surface area contributed by atoms with Gasteiger partial charge in [0, 0.05) is 23.6 Å². The van der Waals surface area contributed by atoms with Gasteiger partial charge < -0.3 is 10.1 Å². The maximum Gasteiger partial charge on any atom is 0.168 e. The van der Waals surface area contributed by atoms with Gasteiger partial charge in [0.05, 0.1) is 7.11 Å². The van der Waals surface area contributed by atoms with Crippen LogP contribution in [0.25, 0.3) is 0 Å². The van der Waals surface area contributed by atoms with Gasteiger partial charge in [0.1, 0.15) is 0 Å². The second-order valence-electron chi connectivity index (χ2n) is 3.70. The zero-order valence-corrected chi connectivity index (χ0v) is 9.27. The summed E-state index contributed by atoms with van der Waals surface area (Å²) in [6.07, 6.45) is 0.945. The van der Waals surface area contributed by atoms with Gasteiger partial charge in [-0.15, -0.1) is 0 Å². The molecule has 1 aromatic carbocycles. The van der Waals surface area contributed by atoms with Crippen molar-refractivity contribution < 1.29 is 9.13 Å². The second-order valence-corrected chi connectivity index (χ2v) is 4.14. The molecule has 15 heavy (non-hydrogen) atoms. The molecular weight excluding hydrogens is 217 g/mol. The Bertz CT molecular complexity index is 364. The van der Waals surface area contributed by atoms with Crippen LogP contribution in [0.4, 0.5) is 4.39 Å². The van der Waals surface area contributed by atoms with Crippen LogP contribution < -0.4 is 10.1 Å². The molecule has 1 unspecified atom stereocenters. The molecule has 0 aliphatic carbocycles. The van der Waals surface area contributed by atoms with Crippen molar-refractivity contribution in [3.8, 4) is 5.75 Å². The number of nitrogens with one attached hydrogen (secondary N) is 1. The number of halogens is 2. The molecule has 1 N–H and O–H groups in total. The molecule has 1 saturated heterocycles. The van der Waals surface area contributed by atoms with E-state index in [4.69, 9.17) is 16.3 Å². The summed E-state index contributed by atoms with van der Waals surface area (Å²) in [5.41, 5.74) is 0.657. The highest BCUT2D eigenvalue weighted by Crippen LogP contribution is 2.32. The number of hydrogen-bond donors (Lipinski definition) is 1. The van der Waals surface area contributed by atoms with Gasteiger partial charge in [-0.3, -0.25) is 0 Å². The fourth-order valence-electron chi connectivity index (χ4n) is 1.95. The third kappa shape index (κ3) is 2.08. The number of ether oxygens (including phenoxy) is 1. The van der Waals surface area contributed by atoms with Gasteiger partial charge in [0.2, 0.25) is 0 Å². The van der Waals surface area contributed by atoms with Crippen LogP contribution >= 0.6 is 11.6 Å². The van der Waals surface area contributed by atoms with Crippen LogP contribution in [0.3, 0.4) is 0 Å². The first kappa shape index (κ1) is 10.7. The Kier molecular flexibility index (Phi) is 3.12. The summed E-state index contributed by atoms with van der Waals surface area (Å²) < 4.78 is 18.8. The highest BCUT2D eigenvalue weighted by molar-refractivity contribution is 6.30. The normalized spacial score (nSPS) is 20.6. The SMILES string of the molecule is COc1cc(Cl)cc(C2CCNC2)c1F. The Balaban J connectivity index is 2.40. The standard InChI is InChI=1S/C11H13ClFNO/c1-15-10-5-8(12)4-9(11(10)13)7-2-3-14-6-7/h4-5,7,14H,2-3,6H2,1H3. The van der Waals surface area contributed by atoms with Gasteiger partial charge in [-0.2, -0.15) is 0 Å². The number of methoxy groups -OCH3 is 1.